The minimum atomic E-state index is -0.338. The van der Waals surface area contributed by atoms with E-state index in [1.807, 2.05) is 30.3 Å². The summed E-state index contributed by atoms with van der Waals surface area (Å²) in [6.07, 6.45) is 4.64. The summed E-state index contributed by atoms with van der Waals surface area (Å²) in [6.45, 7) is 3.76. The van der Waals surface area contributed by atoms with Gasteiger partial charge < -0.3 is 19.5 Å². The van der Waals surface area contributed by atoms with Crippen LogP contribution >= 0.6 is 0 Å². The summed E-state index contributed by atoms with van der Waals surface area (Å²) in [6, 6.07) is 14.6. The van der Waals surface area contributed by atoms with Crippen LogP contribution in [-0.2, 0) is 4.74 Å². The van der Waals surface area contributed by atoms with Gasteiger partial charge in [-0.05, 0) is 36.2 Å². The Kier molecular flexibility index (Phi) is 7.29. The molecule has 0 spiro atoms. The molecule has 1 aromatic heterocycles. The van der Waals surface area contributed by atoms with E-state index in [2.05, 4.69) is 17.1 Å². The van der Waals surface area contributed by atoms with E-state index < -0.39 is 0 Å². The number of phenols is 1. The third-order valence-corrected chi connectivity index (χ3v) is 6.02. The maximum Gasteiger partial charge on any atom is 0.273 e. The Morgan fingerprint density at radius 2 is 1.85 bits per heavy atom. The number of hydrogen-bond donors (Lipinski definition) is 2. The number of methoxy groups -OCH3 is 1. The van der Waals surface area contributed by atoms with E-state index in [1.165, 1.54) is 19.3 Å². The molecular formula is C26H31N3O4. The van der Waals surface area contributed by atoms with Gasteiger partial charge >= 0.3 is 0 Å². The Morgan fingerprint density at radius 1 is 1.06 bits per heavy atom. The van der Waals surface area contributed by atoms with E-state index in [9.17, 15) is 9.90 Å². The van der Waals surface area contributed by atoms with Gasteiger partial charge in [-0.2, -0.15) is 5.10 Å². The Labute approximate surface area is 194 Å². The van der Waals surface area contributed by atoms with Crippen molar-refractivity contribution in [2.45, 2.75) is 38.6 Å². The van der Waals surface area contributed by atoms with Crippen molar-refractivity contribution in [2.24, 2.45) is 0 Å². The number of rotatable bonds is 11. The lowest BCUT2D eigenvalue weighted by atomic mass is 9.95. The smallest absolute Gasteiger partial charge is 0.273 e. The molecule has 7 nitrogen and oxygen atoms in total. The molecule has 0 saturated carbocycles. The molecule has 0 fully saturated rings. The van der Waals surface area contributed by atoms with E-state index in [-0.39, 0.29) is 17.7 Å². The highest BCUT2D eigenvalue weighted by Gasteiger charge is 2.42. The number of hydrogen-bond acceptors (Lipinski definition) is 5. The summed E-state index contributed by atoms with van der Waals surface area (Å²) in [4.78, 5) is 15.0. The highest BCUT2D eigenvalue weighted by molar-refractivity contribution is 6.00. The van der Waals surface area contributed by atoms with E-state index in [0.29, 0.717) is 36.7 Å². The van der Waals surface area contributed by atoms with Crippen LogP contribution < -0.4 is 4.74 Å². The summed E-state index contributed by atoms with van der Waals surface area (Å²) in [7, 11) is 1.62. The van der Waals surface area contributed by atoms with Crippen molar-refractivity contribution in [3.05, 3.63) is 65.4 Å². The Hall–Kier alpha value is -3.32. The number of aromatic nitrogens is 2. The van der Waals surface area contributed by atoms with Crippen molar-refractivity contribution < 1.29 is 19.4 Å². The van der Waals surface area contributed by atoms with Gasteiger partial charge in [-0.1, -0.05) is 50.5 Å². The van der Waals surface area contributed by atoms with E-state index in [1.54, 1.807) is 30.2 Å². The Balaban J connectivity index is 1.64. The molecule has 0 radical (unpaired) electrons. The molecule has 2 aromatic carbocycles. The molecule has 1 unspecified atom stereocenters. The van der Waals surface area contributed by atoms with Crippen LogP contribution in [0.15, 0.2) is 48.5 Å². The molecule has 2 N–H and O–H groups in total. The molecule has 4 rings (SSSR count). The Bertz CT molecular complexity index is 1080. The number of ether oxygens (including phenoxy) is 2. The highest BCUT2D eigenvalue weighted by Crippen LogP contribution is 2.44. The zero-order valence-electron chi connectivity index (χ0n) is 19.2. The van der Waals surface area contributed by atoms with Crippen molar-refractivity contribution in [3.8, 4) is 22.8 Å². The molecule has 7 heteroatoms. The van der Waals surface area contributed by atoms with E-state index in [4.69, 9.17) is 9.47 Å². The number of nitrogens with one attached hydrogen (secondary N) is 1. The van der Waals surface area contributed by atoms with Crippen molar-refractivity contribution in [1.82, 2.24) is 15.1 Å². The summed E-state index contributed by atoms with van der Waals surface area (Å²) in [5, 5.41) is 17.7. The standard InChI is InChI=1S/C26H31N3O4/c1-3-4-5-8-16-33-19-13-11-18(12-14-19)25-22-23(20-9-6-7-10-21(20)30)27-28-24(22)26(31)29(25)15-17-32-2/h6-7,9-14,25,30H,3-5,8,15-17H2,1-2H3,(H,27,28). The summed E-state index contributed by atoms with van der Waals surface area (Å²) in [5.74, 6) is 0.814. The van der Waals surface area contributed by atoms with Crippen LogP contribution in [0.1, 0.15) is 60.3 Å². The van der Waals surface area contributed by atoms with Crippen LogP contribution in [0.3, 0.4) is 0 Å². The third-order valence-electron chi connectivity index (χ3n) is 6.02. The number of benzene rings is 2. The number of H-pyrrole nitrogens is 1. The van der Waals surface area contributed by atoms with Crippen LogP contribution in [0, 0.1) is 0 Å². The fraction of sp³-hybridized carbons (Fsp3) is 0.385. The molecule has 0 bridgehead atoms. The topological polar surface area (TPSA) is 87.7 Å². The predicted molar refractivity (Wildman–Crippen MR) is 127 cm³/mol. The lowest BCUT2D eigenvalue weighted by Gasteiger charge is -2.26. The molecule has 0 aliphatic carbocycles. The first-order chi connectivity index (χ1) is 16.2. The van der Waals surface area contributed by atoms with Crippen molar-refractivity contribution in [1.29, 1.82) is 0 Å². The minimum Gasteiger partial charge on any atom is -0.507 e. The maximum atomic E-state index is 13.2. The molecule has 33 heavy (non-hydrogen) atoms. The number of carbonyl (C=O) groups excluding carboxylic acids is 1. The van der Waals surface area contributed by atoms with Gasteiger partial charge in [-0.15, -0.1) is 0 Å². The maximum absolute atomic E-state index is 13.2. The normalized spacial score (nSPS) is 15.2. The summed E-state index contributed by atoms with van der Waals surface area (Å²) < 4.78 is 11.2. The monoisotopic (exact) mass is 449 g/mol. The fourth-order valence-electron chi connectivity index (χ4n) is 4.31. The molecule has 3 aromatic rings. The van der Waals surface area contributed by atoms with Gasteiger partial charge in [-0.3, -0.25) is 9.89 Å². The average Bonchev–Trinajstić information content (AvgIpc) is 3.37. The van der Waals surface area contributed by atoms with Crippen LogP contribution in [0.2, 0.25) is 0 Å². The number of aromatic hydroxyl groups is 1. The first-order valence-corrected chi connectivity index (χ1v) is 11.5. The molecule has 1 aliphatic heterocycles. The number of unbranched alkanes of at least 4 members (excludes halogenated alkanes) is 3. The van der Waals surface area contributed by atoms with Gasteiger partial charge in [0.1, 0.15) is 22.9 Å². The lowest BCUT2D eigenvalue weighted by Crippen LogP contribution is -2.32. The number of amides is 1. The Morgan fingerprint density at radius 3 is 2.58 bits per heavy atom. The van der Waals surface area contributed by atoms with E-state index >= 15 is 0 Å². The second kappa shape index (κ2) is 10.5. The average molecular weight is 450 g/mol. The van der Waals surface area contributed by atoms with Gasteiger partial charge in [0.15, 0.2) is 0 Å². The van der Waals surface area contributed by atoms with Gasteiger partial charge in [0.25, 0.3) is 5.91 Å². The third kappa shape index (κ3) is 4.73. The van der Waals surface area contributed by atoms with Crippen molar-refractivity contribution in [2.75, 3.05) is 26.9 Å². The number of nitrogens with zero attached hydrogens (tertiary/aromatic N) is 2. The van der Waals surface area contributed by atoms with Crippen LogP contribution in [-0.4, -0.2) is 53.0 Å². The van der Waals surface area contributed by atoms with Gasteiger partial charge in [-0.25, -0.2) is 0 Å². The van der Waals surface area contributed by atoms with Crippen molar-refractivity contribution in [3.63, 3.8) is 0 Å². The zero-order chi connectivity index (χ0) is 23.2. The van der Waals surface area contributed by atoms with E-state index in [0.717, 1.165) is 23.3 Å². The fourth-order valence-corrected chi connectivity index (χ4v) is 4.31. The number of fused-ring (bicyclic) bond motifs is 1. The summed E-state index contributed by atoms with van der Waals surface area (Å²) in [5.41, 5.74) is 3.34. The zero-order valence-corrected chi connectivity index (χ0v) is 19.2. The minimum absolute atomic E-state index is 0.125. The number of para-hydroxylation sites is 1. The number of aromatic amines is 1. The van der Waals surface area contributed by atoms with Gasteiger partial charge in [0.2, 0.25) is 0 Å². The second-order valence-electron chi connectivity index (χ2n) is 8.25. The molecule has 1 atom stereocenters. The molecular weight excluding hydrogens is 418 g/mol. The quantitative estimate of drug-likeness (QED) is 0.405. The number of phenolic OH excluding ortho intramolecular Hbond substituents is 1. The van der Waals surface area contributed by atoms with Gasteiger partial charge in [0, 0.05) is 24.8 Å². The largest absolute Gasteiger partial charge is 0.507 e. The first kappa shape index (κ1) is 22.9. The van der Waals surface area contributed by atoms with Crippen molar-refractivity contribution >= 4 is 5.91 Å². The molecule has 0 saturated heterocycles. The molecule has 174 valence electrons. The number of carbonyl (C=O) groups is 1. The SMILES string of the molecule is CCCCCCOc1ccc(C2c3c(-c4ccccc4O)n[nH]c3C(=O)N2CCOC)cc1. The lowest BCUT2D eigenvalue weighted by molar-refractivity contribution is 0.0677. The van der Waals surface area contributed by atoms with Crippen LogP contribution in [0.25, 0.3) is 11.3 Å². The summed E-state index contributed by atoms with van der Waals surface area (Å²) >= 11 is 0. The van der Waals surface area contributed by atoms with Gasteiger partial charge in [0.05, 0.1) is 19.3 Å². The predicted octanol–water partition coefficient (Wildman–Crippen LogP) is 4.93. The second-order valence-corrected chi connectivity index (χ2v) is 8.25. The molecule has 1 amide bonds. The van der Waals surface area contributed by atoms with Crippen LogP contribution in [0.5, 0.6) is 11.5 Å². The van der Waals surface area contributed by atoms with Crippen LogP contribution in [0.4, 0.5) is 0 Å². The molecule has 2 heterocycles. The highest BCUT2D eigenvalue weighted by atomic mass is 16.5. The first-order valence-electron chi connectivity index (χ1n) is 11.5. The molecule has 1 aliphatic rings.